The van der Waals surface area contributed by atoms with Crippen molar-refractivity contribution in [1.29, 1.82) is 0 Å². The largest absolute Gasteiger partial charge is 0.389 e. The molecule has 21 heavy (non-hydrogen) atoms. The molecule has 0 radical (unpaired) electrons. The van der Waals surface area contributed by atoms with Crippen LogP contribution in [0.4, 0.5) is 0 Å². The molecule has 1 aliphatic carbocycles. The van der Waals surface area contributed by atoms with Crippen molar-refractivity contribution in [2.75, 3.05) is 26.3 Å². The van der Waals surface area contributed by atoms with Gasteiger partial charge in [0.2, 0.25) is 0 Å². The molecule has 0 aliphatic heterocycles. The van der Waals surface area contributed by atoms with Crippen LogP contribution < -0.4 is 5.32 Å². The molecular weight excluding hydrogens is 266 g/mol. The number of benzene rings is 1. The van der Waals surface area contributed by atoms with Crippen LogP contribution in [0.25, 0.3) is 0 Å². The van der Waals surface area contributed by atoms with E-state index in [9.17, 15) is 5.11 Å². The molecule has 4 heteroatoms. The lowest BCUT2D eigenvalue weighted by atomic mass is 10.2. The van der Waals surface area contributed by atoms with Gasteiger partial charge in [-0.15, -0.1) is 0 Å². The second-order valence-electron chi connectivity index (χ2n) is 5.64. The molecule has 2 N–H and O–H groups in total. The molecule has 0 amide bonds. The van der Waals surface area contributed by atoms with Crippen molar-refractivity contribution < 1.29 is 14.6 Å². The summed E-state index contributed by atoms with van der Waals surface area (Å²) in [4.78, 5) is 0. The summed E-state index contributed by atoms with van der Waals surface area (Å²) in [7, 11) is 0. The van der Waals surface area contributed by atoms with Crippen LogP contribution in [0.2, 0.25) is 0 Å². The topological polar surface area (TPSA) is 50.7 Å². The molecule has 118 valence electrons. The second kappa shape index (κ2) is 9.90. The van der Waals surface area contributed by atoms with Gasteiger partial charge < -0.3 is 19.9 Å². The van der Waals surface area contributed by atoms with Gasteiger partial charge in [0.1, 0.15) is 0 Å². The predicted molar refractivity (Wildman–Crippen MR) is 83.2 cm³/mol. The van der Waals surface area contributed by atoms with Gasteiger partial charge in [-0.05, 0) is 18.4 Å². The van der Waals surface area contributed by atoms with Gasteiger partial charge >= 0.3 is 0 Å². The average molecular weight is 293 g/mol. The van der Waals surface area contributed by atoms with Gasteiger partial charge in [0.15, 0.2) is 0 Å². The molecule has 0 aromatic heterocycles. The summed E-state index contributed by atoms with van der Waals surface area (Å²) in [5, 5.41) is 13.0. The van der Waals surface area contributed by atoms with Crippen molar-refractivity contribution in [3.8, 4) is 0 Å². The first kappa shape index (κ1) is 16.4. The number of hydrogen-bond acceptors (Lipinski definition) is 4. The van der Waals surface area contributed by atoms with Crippen LogP contribution in [-0.2, 0) is 16.1 Å². The summed E-state index contributed by atoms with van der Waals surface area (Å²) >= 11 is 0. The van der Waals surface area contributed by atoms with Gasteiger partial charge in [-0.1, -0.05) is 43.2 Å². The first-order valence-corrected chi connectivity index (χ1v) is 7.96. The third kappa shape index (κ3) is 7.05. The summed E-state index contributed by atoms with van der Waals surface area (Å²) in [6.45, 7) is 2.95. The maximum Gasteiger partial charge on any atom is 0.0897 e. The first-order valence-electron chi connectivity index (χ1n) is 7.96. The lowest BCUT2D eigenvalue weighted by molar-refractivity contribution is 0.0253. The highest BCUT2D eigenvalue weighted by Crippen LogP contribution is 2.20. The molecule has 1 atom stereocenters. The Bertz CT molecular complexity index is 366. The molecule has 0 saturated heterocycles. The number of rotatable bonds is 10. The maximum absolute atomic E-state index is 9.81. The van der Waals surface area contributed by atoms with Crippen LogP contribution in [0.5, 0.6) is 0 Å². The second-order valence-corrected chi connectivity index (χ2v) is 5.64. The standard InChI is InChI=1S/C17H27NO3/c19-16(14-20-13-15-6-2-1-3-7-15)12-18-10-11-21-17-8-4-5-9-17/h1-3,6-7,16-19H,4-5,8-14H2. The van der Waals surface area contributed by atoms with E-state index < -0.39 is 6.10 Å². The molecule has 1 aliphatic rings. The van der Waals surface area contributed by atoms with Crippen LogP contribution >= 0.6 is 0 Å². The highest BCUT2D eigenvalue weighted by molar-refractivity contribution is 5.13. The van der Waals surface area contributed by atoms with E-state index in [1.165, 1.54) is 25.7 Å². The third-order valence-electron chi connectivity index (χ3n) is 3.74. The van der Waals surface area contributed by atoms with Crippen LogP contribution in [0.1, 0.15) is 31.2 Å². The molecule has 2 rings (SSSR count). The SMILES string of the molecule is OC(CNCCOC1CCCC1)COCc1ccccc1. The average Bonchev–Trinajstić information content (AvgIpc) is 3.01. The molecule has 1 aromatic carbocycles. The normalized spacial score (nSPS) is 17.2. The summed E-state index contributed by atoms with van der Waals surface area (Å²) in [6, 6.07) is 9.99. The Morgan fingerprint density at radius 2 is 1.95 bits per heavy atom. The zero-order valence-electron chi connectivity index (χ0n) is 12.7. The van der Waals surface area contributed by atoms with Gasteiger partial charge in [0.05, 0.1) is 32.0 Å². The summed E-state index contributed by atoms with van der Waals surface area (Å²) in [5.41, 5.74) is 1.13. The molecule has 0 bridgehead atoms. The Labute approximate surface area is 127 Å². The van der Waals surface area contributed by atoms with E-state index in [0.717, 1.165) is 18.7 Å². The third-order valence-corrected chi connectivity index (χ3v) is 3.74. The molecule has 4 nitrogen and oxygen atoms in total. The zero-order valence-corrected chi connectivity index (χ0v) is 12.7. The van der Waals surface area contributed by atoms with E-state index in [2.05, 4.69) is 5.32 Å². The Balaban J connectivity index is 1.43. The van der Waals surface area contributed by atoms with Crippen molar-refractivity contribution >= 4 is 0 Å². The van der Waals surface area contributed by atoms with Crippen molar-refractivity contribution in [2.45, 2.75) is 44.5 Å². The molecular formula is C17H27NO3. The number of hydrogen-bond donors (Lipinski definition) is 2. The van der Waals surface area contributed by atoms with Crippen molar-refractivity contribution in [3.05, 3.63) is 35.9 Å². The zero-order chi connectivity index (χ0) is 14.8. The molecule has 1 unspecified atom stereocenters. The first-order chi connectivity index (χ1) is 10.3. The van der Waals surface area contributed by atoms with Crippen LogP contribution in [-0.4, -0.2) is 43.6 Å². The van der Waals surface area contributed by atoms with Gasteiger partial charge in [0, 0.05) is 13.1 Å². The fourth-order valence-corrected chi connectivity index (χ4v) is 2.57. The maximum atomic E-state index is 9.81. The fourth-order valence-electron chi connectivity index (χ4n) is 2.57. The molecule has 1 aromatic rings. The highest BCUT2D eigenvalue weighted by atomic mass is 16.5. The van der Waals surface area contributed by atoms with Gasteiger partial charge in [-0.25, -0.2) is 0 Å². The number of aliphatic hydroxyl groups excluding tert-OH is 1. The van der Waals surface area contributed by atoms with Gasteiger partial charge in [-0.2, -0.15) is 0 Å². The molecule has 1 fully saturated rings. The number of aliphatic hydroxyl groups is 1. The quantitative estimate of drug-likeness (QED) is 0.649. The summed E-state index contributed by atoms with van der Waals surface area (Å²) in [5.74, 6) is 0. The fraction of sp³-hybridized carbons (Fsp3) is 0.647. The van der Waals surface area contributed by atoms with E-state index >= 15 is 0 Å². The monoisotopic (exact) mass is 293 g/mol. The smallest absolute Gasteiger partial charge is 0.0897 e. The Morgan fingerprint density at radius 3 is 2.71 bits per heavy atom. The number of ether oxygens (including phenoxy) is 2. The minimum absolute atomic E-state index is 0.353. The van der Waals surface area contributed by atoms with Crippen LogP contribution in [0.3, 0.4) is 0 Å². The highest BCUT2D eigenvalue weighted by Gasteiger charge is 2.14. The lowest BCUT2D eigenvalue weighted by Crippen LogP contribution is -2.32. The number of nitrogens with one attached hydrogen (secondary N) is 1. The molecule has 0 spiro atoms. The van der Waals surface area contributed by atoms with Crippen LogP contribution in [0, 0.1) is 0 Å². The Kier molecular flexibility index (Phi) is 7.75. The van der Waals surface area contributed by atoms with Gasteiger partial charge in [0.25, 0.3) is 0 Å². The minimum Gasteiger partial charge on any atom is -0.389 e. The predicted octanol–water partition coefficient (Wildman–Crippen LogP) is 2.11. The van der Waals surface area contributed by atoms with Crippen molar-refractivity contribution in [1.82, 2.24) is 5.32 Å². The summed E-state index contributed by atoms with van der Waals surface area (Å²) < 4.78 is 11.2. The van der Waals surface area contributed by atoms with E-state index in [1.54, 1.807) is 0 Å². The van der Waals surface area contributed by atoms with E-state index in [-0.39, 0.29) is 0 Å². The van der Waals surface area contributed by atoms with Crippen molar-refractivity contribution in [3.63, 3.8) is 0 Å². The Hall–Kier alpha value is -0.940. The molecule has 1 saturated carbocycles. The van der Waals surface area contributed by atoms with E-state index in [4.69, 9.17) is 9.47 Å². The van der Waals surface area contributed by atoms with E-state index in [1.807, 2.05) is 30.3 Å². The van der Waals surface area contributed by atoms with Gasteiger partial charge in [-0.3, -0.25) is 0 Å². The van der Waals surface area contributed by atoms with Crippen LogP contribution in [0.15, 0.2) is 30.3 Å². The van der Waals surface area contributed by atoms with E-state index in [0.29, 0.717) is 25.9 Å². The minimum atomic E-state index is -0.472. The van der Waals surface area contributed by atoms with Crippen molar-refractivity contribution in [2.24, 2.45) is 0 Å². The summed E-state index contributed by atoms with van der Waals surface area (Å²) in [6.07, 6.45) is 5.00. The Morgan fingerprint density at radius 1 is 1.19 bits per heavy atom. The lowest BCUT2D eigenvalue weighted by Gasteiger charge is -2.14. The molecule has 0 heterocycles.